The minimum absolute atomic E-state index is 0.104. The molecule has 110 valence electrons. The van der Waals surface area contributed by atoms with Crippen LogP contribution in [0.3, 0.4) is 0 Å². The number of benzene rings is 1. The van der Waals surface area contributed by atoms with Gasteiger partial charge in [-0.3, -0.25) is 4.79 Å². The van der Waals surface area contributed by atoms with Crippen LogP contribution in [-0.2, 0) is 9.53 Å². The number of esters is 1. The predicted octanol–water partition coefficient (Wildman–Crippen LogP) is 2.29. The first kappa shape index (κ1) is 14.9. The van der Waals surface area contributed by atoms with Crippen LogP contribution in [0.2, 0.25) is 0 Å². The highest BCUT2D eigenvalue weighted by atomic mass is 16.5. The van der Waals surface area contributed by atoms with E-state index in [4.69, 9.17) is 9.47 Å². The molecule has 4 nitrogen and oxygen atoms in total. The second-order valence-electron chi connectivity index (χ2n) is 5.16. The number of rotatable bonds is 5. The summed E-state index contributed by atoms with van der Waals surface area (Å²) < 4.78 is 10.9. The molecule has 1 aliphatic rings. The van der Waals surface area contributed by atoms with E-state index in [1.165, 1.54) is 0 Å². The van der Waals surface area contributed by atoms with Gasteiger partial charge in [-0.05, 0) is 32.5 Å². The molecule has 1 aliphatic heterocycles. The topological polar surface area (TPSA) is 38.8 Å². The third kappa shape index (κ3) is 3.12. The Balaban J connectivity index is 2.27. The molecule has 1 aromatic rings. The van der Waals surface area contributed by atoms with Gasteiger partial charge in [0.25, 0.3) is 0 Å². The average Bonchev–Trinajstić information content (AvgIpc) is 2.82. The minimum Gasteiger partial charge on any atom is -0.494 e. The highest BCUT2D eigenvalue weighted by Gasteiger charge is 2.39. The van der Waals surface area contributed by atoms with E-state index in [-0.39, 0.29) is 17.8 Å². The second kappa shape index (κ2) is 6.75. The summed E-state index contributed by atoms with van der Waals surface area (Å²) in [6, 6.07) is 7.99. The Hall–Kier alpha value is -1.55. The molecule has 0 saturated carbocycles. The van der Waals surface area contributed by atoms with Gasteiger partial charge in [0.1, 0.15) is 5.75 Å². The highest BCUT2D eigenvalue weighted by Crippen LogP contribution is 2.37. The lowest BCUT2D eigenvalue weighted by atomic mass is 9.88. The molecule has 1 fully saturated rings. The number of carbonyl (C=O) groups excluding carboxylic acids is 1. The molecular formula is C16H23NO3. The van der Waals surface area contributed by atoms with Crippen LogP contribution in [0, 0.1) is 5.92 Å². The molecule has 2 rings (SSSR count). The zero-order valence-corrected chi connectivity index (χ0v) is 12.5. The normalized spacial score (nSPS) is 22.8. The van der Waals surface area contributed by atoms with Crippen molar-refractivity contribution in [2.75, 3.05) is 33.4 Å². The fourth-order valence-corrected chi connectivity index (χ4v) is 2.88. The molecule has 4 heteroatoms. The van der Waals surface area contributed by atoms with Crippen molar-refractivity contribution >= 4 is 5.97 Å². The SMILES string of the molecule is CCOC(=O)C1CN(C)CC1c1ccccc1OCC. The quantitative estimate of drug-likeness (QED) is 0.774. The lowest BCUT2D eigenvalue weighted by Crippen LogP contribution is -2.24. The lowest BCUT2D eigenvalue weighted by molar-refractivity contribution is -0.147. The van der Waals surface area contributed by atoms with Crippen molar-refractivity contribution < 1.29 is 14.3 Å². The number of ether oxygens (including phenoxy) is 2. The smallest absolute Gasteiger partial charge is 0.310 e. The number of hydrogen-bond acceptors (Lipinski definition) is 4. The zero-order chi connectivity index (χ0) is 14.5. The lowest BCUT2D eigenvalue weighted by Gasteiger charge is -2.20. The molecule has 1 saturated heterocycles. The first-order chi connectivity index (χ1) is 9.67. The van der Waals surface area contributed by atoms with Gasteiger partial charge >= 0.3 is 5.97 Å². The Kier molecular flexibility index (Phi) is 5.01. The number of likely N-dealkylation sites (tertiary alicyclic amines) is 1. The molecule has 2 atom stereocenters. The molecule has 0 radical (unpaired) electrons. The fraction of sp³-hybridized carbons (Fsp3) is 0.562. The van der Waals surface area contributed by atoms with Crippen molar-refractivity contribution in [1.82, 2.24) is 4.90 Å². The summed E-state index contributed by atoms with van der Waals surface area (Å²) in [6.45, 7) is 6.47. The van der Waals surface area contributed by atoms with E-state index in [2.05, 4.69) is 11.0 Å². The molecule has 20 heavy (non-hydrogen) atoms. The molecule has 1 aromatic carbocycles. The van der Waals surface area contributed by atoms with Gasteiger partial charge in [0, 0.05) is 19.0 Å². The van der Waals surface area contributed by atoms with Crippen molar-refractivity contribution in [3.63, 3.8) is 0 Å². The third-order valence-corrected chi connectivity index (χ3v) is 3.71. The van der Waals surface area contributed by atoms with E-state index >= 15 is 0 Å². The predicted molar refractivity (Wildman–Crippen MR) is 78.0 cm³/mol. The number of likely N-dealkylation sites (N-methyl/N-ethyl adjacent to an activating group) is 1. The van der Waals surface area contributed by atoms with Gasteiger partial charge in [-0.15, -0.1) is 0 Å². The second-order valence-corrected chi connectivity index (χ2v) is 5.16. The fourth-order valence-electron chi connectivity index (χ4n) is 2.88. The van der Waals surface area contributed by atoms with E-state index in [0.29, 0.717) is 13.2 Å². The molecule has 0 N–H and O–H groups in total. The first-order valence-electron chi connectivity index (χ1n) is 7.24. The van der Waals surface area contributed by atoms with Gasteiger partial charge in [-0.25, -0.2) is 0 Å². The highest BCUT2D eigenvalue weighted by molar-refractivity contribution is 5.75. The van der Waals surface area contributed by atoms with E-state index in [1.54, 1.807) is 0 Å². The van der Waals surface area contributed by atoms with Crippen LogP contribution >= 0.6 is 0 Å². The van der Waals surface area contributed by atoms with Crippen LogP contribution in [0.5, 0.6) is 5.75 Å². The van der Waals surface area contributed by atoms with Gasteiger partial charge in [0.2, 0.25) is 0 Å². The summed E-state index contributed by atoms with van der Waals surface area (Å²) in [5.41, 5.74) is 1.11. The molecule has 0 spiro atoms. The first-order valence-corrected chi connectivity index (χ1v) is 7.24. The van der Waals surface area contributed by atoms with Crippen molar-refractivity contribution in [3.05, 3.63) is 29.8 Å². The van der Waals surface area contributed by atoms with Crippen LogP contribution < -0.4 is 4.74 Å². The maximum absolute atomic E-state index is 12.2. The Morgan fingerprint density at radius 2 is 2.00 bits per heavy atom. The Morgan fingerprint density at radius 3 is 2.70 bits per heavy atom. The standard InChI is InChI=1S/C16H23NO3/c1-4-19-15-9-7-6-8-12(15)13-10-17(3)11-14(13)16(18)20-5-2/h6-9,13-14H,4-5,10-11H2,1-3H3. The van der Waals surface area contributed by atoms with E-state index in [1.807, 2.05) is 39.1 Å². The zero-order valence-electron chi connectivity index (χ0n) is 12.5. The number of nitrogens with zero attached hydrogens (tertiary/aromatic N) is 1. The molecule has 0 aromatic heterocycles. The van der Waals surface area contributed by atoms with E-state index in [9.17, 15) is 4.79 Å². The average molecular weight is 277 g/mol. The van der Waals surface area contributed by atoms with Crippen molar-refractivity contribution in [2.45, 2.75) is 19.8 Å². The van der Waals surface area contributed by atoms with Gasteiger partial charge in [0.15, 0.2) is 0 Å². The van der Waals surface area contributed by atoms with E-state index < -0.39 is 0 Å². The largest absolute Gasteiger partial charge is 0.494 e. The van der Waals surface area contributed by atoms with Crippen molar-refractivity contribution in [1.29, 1.82) is 0 Å². The summed E-state index contributed by atoms with van der Waals surface area (Å²) in [7, 11) is 2.04. The maximum Gasteiger partial charge on any atom is 0.310 e. The molecule has 0 bridgehead atoms. The summed E-state index contributed by atoms with van der Waals surface area (Å²) >= 11 is 0. The third-order valence-electron chi connectivity index (χ3n) is 3.71. The van der Waals surface area contributed by atoms with Gasteiger partial charge < -0.3 is 14.4 Å². The number of hydrogen-bond donors (Lipinski definition) is 0. The summed E-state index contributed by atoms with van der Waals surface area (Å²) in [5, 5.41) is 0. The molecule has 0 amide bonds. The molecule has 0 aliphatic carbocycles. The van der Waals surface area contributed by atoms with Crippen LogP contribution in [-0.4, -0.2) is 44.2 Å². The monoisotopic (exact) mass is 277 g/mol. The van der Waals surface area contributed by atoms with Crippen LogP contribution in [0.15, 0.2) is 24.3 Å². The maximum atomic E-state index is 12.2. The van der Waals surface area contributed by atoms with Gasteiger partial charge in [-0.1, -0.05) is 18.2 Å². The Labute approximate surface area is 120 Å². The molecule has 2 unspecified atom stereocenters. The summed E-state index contributed by atoms with van der Waals surface area (Å²) in [4.78, 5) is 14.3. The molecule has 1 heterocycles. The Morgan fingerprint density at radius 1 is 1.25 bits per heavy atom. The minimum atomic E-state index is -0.110. The van der Waals surface area contributed by atoms with Crippen molar-refractivity contribution in [3.8, 4) is 5.75 Å². The van der Waals surface area contributed by atoms with E-state index in [0.717, 1.165) is 24.4 Å². The van der Waals surface area contributed by atoms with Gasteiger partial charge in [-0.2, -0.15) is 0 Å². The number of para-hydroxylation sites is 1. The molecular weight excluding hydrogens is 254 g/mol. The van der Waals surface area contributed by atoms with Crippen LogP contribution in [0.25, 0.3) is 0 Å². The number of carbonyl (C=O) groups is 1. The van der Waals surface area contributed by atoms with Gasteiger partial charge in [0.05, 0.1) is 19.1 Å². The van der Waals surface area contributed by atoms with Crippen LogP contribution in [0.4, 0.5) is 0 Å². The Bertz CT molecular complexity index is 461. The summed E-state index contributed by atoms with van der Waals surface area (Å²) in [6.07, 6.45) is 0. The summed E-state index contributed by atoms with van der Waals surface area (Å²) in [5.74, 6) is 0.807. The van der Waals surface area contributed by atoms with Crippen LogP contribution in [0.1, 0.15) is 25.3 Å². The van der Waals surface area contributed by atoms with Crippen molar-refractivity contribution in [2.24, 2.45) is 5.92 Å².